The highest BCUT2D eigenvalue weighted by Gasteiger charge is 2.27. The molecule has 0 aromatic carbocycles. The van der Waals surface area contributed by atoms with Gasteiger partial charge in [0.1, 0.15) is 4.90 Å². The zero-order valence-electron chi connectivity index (χ0n) is 10.9. The molecular formula is C11H17BrClNO3S2. The van der Waals surface area contributed by atoms with E-state index in [2.05, 4.69) is 15.9 Å². The highest BCUT2D eigenvalue weighted by atomic mass is 79.9. The molecule has 4 nitrogen and oxygen atoms in total. The zero-order chi connectivity index (χ0) is 14.5. The third-order valence-electron chi connectivity index (χ3n) is 2.50. The second kappa shape index (κ2) is 7.95. The molecule has 0 saturated heterocycles. The monoisotopic (exact) mass is 389 g/mol. The van der Waals surface area contributed by atoms with Gasteiger partial charge >= 0.3 is 0 Å². The van der Waals surface area contributed by atoms with Crippen LogP contribution in [-0.4, -0.2) is 39.0 Å². The van der Waals surface area contributed by atoms with Crippen molar-refractivity contribution in [3.05, 3.63) is 14.7 Å². The molecule has 8 heteroatoms. The van der Waals surface area contributed by atoms with Gasteiger partial charge in [-0.1, -0.05) is 6.92 Å². The Hall–Kier alpha value is 0.340. The lowest BCUT2D eigenvalue weighted by molar-refractivity contribution is 0.135. The number of hydrogen-bond donors (Lipinski definition) is 0. The van der Waals surface area contributed by atoms with Crippen molar-refractivity contribution in [3.8, 4) is 0 Å². The molecule has 0 fully saturated rings. The highest BCUT2D eigenvalue weighted by Crippen LogP contribution is 2.34. The van der Waals surface area contributed by atoms with Gasteiger partial charge in [-0.05, 0) is 28.9 Å². The van der Waals surface area contributed by atoms with Gasteiger partial charge in [0.15, 0.2) is 0 Å². The van der Waals surface area contributed by atoms with Crippen LogP contribution in [-0.2, 0) is 20.6 Å². The lowest BCUT2D eigenvalue weighted by atomic mass is 10.5. The summed E-state index contributed by atoms with van der Waals surface area (Å²) in [6.45, 7) is 5.43. The molecule has 0 aliphatic heterocycles. The van der Waals surface area contributed by atoms with Gasteiger partial charge in [-0.15, -0.1) is 22.9 Å². The van der Waals surface area contributed by atoms with Crippen LogP contribution in [0.4, 0.5) is 0 Å². The smallest absolute Gasteiger partial charge is 0.245 e. The number of hydrogen-bond acceptors (Lipinski definition) is 4. The van der Waals surface area contributed by atoms with E-state index in [9.17, 15) is 8.42 Å². The SMILES string of the molecule is CCOCCN(CC)S(=O)(=O)c1cc(CCl)sc1Br. The minimum absolute atomic E-state index is 0.284. The number of thiophene rings is 1. The fourth-order valence-corrected chi connectivity index (χ4v) is 5.69. The molecule has 1 aromatic rings. The normalized spacial score (nSPS) is 12.3. The summed E-state index contributed by atoms with van der Waals surface area (Å²) in [5, 5.41) is 0. The van der Waals surface area contributed by atoms with E-state index in [0.29, 0.717) is 36.0 Å². The molecular weight excluding hydrogens is 374 g/mol. The summed E-state index contributed by atoms with van der Waals surface area (Å²) in [6.07, 6.45) is 0. The topological polar surface area (TPSA) is 46.6 Å². The summed E-state index contributed by atoms with van der Waals surface area (Å²) in [4.78, 5) is 1.11. The average molecular weight is 391 g/mol. The first-order chi connectivity index (χ1) is 8.97. The maximum absolute atomic E-state index is 12.5. The lowest BCUT2D eigenvalue weighted by Gasteiger charge is -2.19. The Morgan fingerprint density at radius 3 is 2.63 bits per heavy atom. The van der Waals surface area contributed by atoms with Gasteiger partial charge in [0.05, 0.1) is 16.3 Å². The summed E-state index contributed by atoms with van der Waals surface area (Å²) in [7, 11) is -3.49. The second-order valence-electron chi connectivity index (χ2n) is 3.68. The summed E-state index contributed by atoms with van der Waals surface area (Å²) in [5.41, 5.74) is 0. The third-order valence-corrected chi connectivity index (χ3v) is 7.17. The minimum atomic E-state index is -3.49. The van der Waals surface area contributed by atoms with E-state index >= 15 is 0 Å². The van der Waals surface area contributed by atoms with Crippen molar-refractivity contribution in [1.29, 1.82) is 0 Å². The molecule has 0 bridgehead atoms. The van der Waals surface area contributed by atoms with Crippen LogP contribution in [0.25, 0.3) is 0 Å². The fraction of sp³-hybridized carbons (Fsp3) is 0.636. The van der Waals surface area contributed by atoms with Gasteiger partial charge in [-0.25, -0.2) is 8.42 Å². The number of halogens is 2. The number of nitrogens with zero attached hydrogens (tertiary/aromatic N) is 1. The molecule has 0 N–H and O–H groups in total. The first kappa shape index (κ1) is 17.4. The molecule has 1 aromatic heterocycles. The van der Waals surface area contributed by atoms with E-state index in [0.717, 1.165) is 4.88 Å². The lowest BCUT2D eigenvalue weighted by Crippen LogP contribution is -2.33. The zero-order valence-corrected chi connectivity index (χ0v) is 14.8. The number of rotatable bonds is 8. The van der Waals surface area contributed by atoms with E-state index < -0.39 is 10.0 Å². The Morgan fingerprint density at radius 2 is 2.16 bits per heavy atom. The van der Waals surface area contributed by atoms with Crippen molar-refractivity contribution in [3.63, 3.8) is 0 Å². The molecule has 19 heavy (non-hydrogen) atoms. The maximum atomic E-state index is 12.5. The highest BCUT2D eigenvalue weighted by molar-refractivity contribution is 9.11. The molecule has 0 atom stereocenters. The molecule has 0 unspecified atom stereocenters. The van der Waals surface area contributed by atoms with Gasteiger partial charge in [0, 0.05) is 24.6 Å². The molecule has 0 saturated carbocycles. The first-order valence-corrected chi connectivity index (χ1v) is 9.47. The molecule has 0 aliphatic rings. The van der Waals surface area contributed by atoms with Crippen molar-refractivity contribution < 1.29 is 13.2 Å². The Morgan fingerprint density at radius 1 is 1.47 bits per heavy atom. The van der Waals surface area contributed by atoms with Crippen molar-refractivity contribution >= 4 is 48.9 Å². The van der Waals surface area contributed by atoms with E-state index in [1.807, 2.05) is 13.8 Å². The number of ether oxygens (including phenoxy) is 1. The summed E-state index contributed by atoms with van der Waals surface area (Å²) in [5.74, 6) is 0.309. The van der Waals surface area contributed by atoms with Crippen LogP contribution in [0.3, 0.4) is 0 Å². The van der Waals surface area contributed by atoms with Crippen molar-refractivity contribution in [2.45, 2.75) is 24.6 Å². The van der Waals surface area contributed by atoms with Crippen molar-refractivity contribution in [1.82, 2.24) is 4.31 Å². The number of likely N-dealkylation sites (N-methyl/N-ethyl adjacent to an activating group) is 1. The van der Waals surface area contributed by atoms with Gasteiger partial charge in [0.2, 0.25) is 10.0 Å². The average Bonchev–Trinajstić information content (AvgIpc) is 2.76. The van der Waals surface area contributed by atoms with Crippen LogP contribution in [0, 0.1) is 0 Å². The molecule has 0 aliphatic carbocycles. The first-order valence-electron chi connectivity index (χ1n) is 5.89. The second-order valence-corrected chi connectivity index (χ2v) is 8.31. The van der Waals surface area contributed by atoms with E-state index in [1.165, 1.54) is 15.6 Å². The van der Waals surface area contributed by atoms with Gasteiger partial charge < -0.3 is 4.74 Å². The predicted octanol–water partition coefficient (Wildman–Crippen LogP) is 3.30. The maximum Gasteiger partial charge on any atom is 0.245 e. The summed E-state index contributed by atoms with van der Waals surface area (Å²) < 4.78 is 32.2. The van der Waals surface area contributed by atoms with Crippen LogP contribution in [0.2, 0.25) is 0 Å². The molecule has 110 valence electrons. The Kier molecular flexibility index (Phi) is 7.28. The quantitative estimate of drug-likeness (QED) is 0.505. The Balaban J connectivity index is 2.96. The number of alkyl halides is 1. The van der Waals surface area contributed by atoms with Crippen molar-refractivity contribution in [2.24, 2.45) is 0 Å². The van der Waals surface area contributed by atoms with Crippen molar-refractivity contribution in [2.75, 3.05) is 26.3 Å². The molecule has 1 rings (SSSR count). The summed E-state index contributed by atoms with van der Waals surface area (Å²) in [6, 6.07) is 1.63. The van der Waals surface area contributed by atoms with E-state index in [-0.39, 0.29) is 4.90 Å². The summed E-state index contributed by atoms with van der Waals surface area (Å²) >= 11 is 10.4. The molecule has 1 heterocycles. The molecule has 0 amide bonds. The minimum Gasteiger partial charge on any atom is -0.380 e. The van der Waals surface area contributed by atoms with Gasteiger partial charge in [-0.3, -0.25) is 0 Å². The molecule has 0 spiro atoms. The Labute approximate surface area is 131 Å². The van der Waals surface area contributed by atoms with Crippen LogP contribution in [0.1, 0.15) is 18.7 Å². The largest absolute Gasteiger partial charge is 0.380 e. The van der Waals surface area contributed by atoms with Crippen LogP contribution >= 0.6 is 38.9 Å². The van der Waals surface area contributed by atoms with Crippen LogP contribution in [0.15, 0.2) is 14.7 Å². The van der Waals surface area contributed by atoms with Gasteiger partial charge in [0.25, 0.3) is 0 Å². The number of sulfonamides is 1. The van der Waals surface area contributed by atoms with E-state index in [4.69, 9.17) is 16.3 Å². The van der Waals surface area contributed by atoms with Crippen LogP contribution in [0.5, 0.6) is 0 Å². The fourth-order valence-electron chi connectivity index (χ4n) is 1.54. The predicted molar refractivity (Wildman–Crippen MR) is 82.5 cm³/mol. The third kappa shape index (κ3) is 4.41. The Bertz CT molecular complexity index is 504. The van der Waals surface area contributed by atoms with Crippen LogP contribution < -0.4 is 0 Å². The molecule has 0 radical (unpaired) electrons. The van der Waals surface area contributed by atoms with Gasteiger partial charge in [-0.2, -0.15) is 4.31 Å². The standard InChI is InChI=1S/C11H17BrClNO3S2/c1-3-14(5-6-17-4-2)19(15,16)10-7-9(8-13)18-11(10)12/h7H,3-6,8H2,1-2H3. The van der Waals surface area contributed by atoms with E-state index in [1.54, 1.807) is 6.07 Å².